The highest BCUT2D eigenvalue weighted by Gasteiger charge is 2.27. The molecule has 2 aromatic carbocycles. The summed E-state index contributed by atoms with van der Waals surface area (Å²) in [5, 5.41) is 6.44. The Labute approximate surface area is 118 Å². The van der Waals surface area contributed by atoms with Gasteiger partial charge in [-0.15, -0.1) is 0 Å². The van der Waals surface area contributed by atoms with Crippen molar-refractivity contribution in [2.45, 2.75) is 19.4 Å². The molecule has 0 bridgehead atoms. The second kappa shape index (κ2) is 5.29. The molecule has 0 fully saturated rings. The molecule has 0 aromatic heterocycles. The molecule has 1 unspecified atom stereocenters. The highest BCUT2D eigenvalue weighted by atomic mass is 16.1. The van der Waals surface area contributed by atoms with Crippen LogP contribution in [-0.2, 0) is 4.79 Å². The van der Waals surface area contributed by atoms with Crippen molar-refractivity contribution in [3.05, 3.63) is 65.7 Å². The number of para-hydroxylation sites is 1. The molecule has 1 atom stereocenters. The first-order valence-electron chi connectivity index (χ1n) is 6.72. The number of hydrazone groups is 1. The van der Waals surface area contributed by atoms with Crippen molar-refractivity contribution >= 4 is 17.7 Å². The zero-order chi connectivity index (χ0) is 13.9. The Morgan fingerprint density at radius 3 is 2.45 bits per heavy atom. The highest BCUT2D eigenvalue weighted by molar-refractivity contribution is 6.05. The Morgan fingerprint density at radius 1 is 1.10 bits per heavy atom. The molecule has 3 nitrogen and oxygen atoms in total. The number of anilines is 1. The van der Waals surface area contributed by atoms with Crippen LogP contribution in [0.1, 0.15) is 17.5 Å². The summed E-state index contributed by atoms with van der Waals surface area (Å²) >= 11 is 0. The Kier molecular flexibility index (Phi) is 3.33. The maximum atomic E-state index is 11.3. The van der Waals surface area contributed by atoms with Gasteiger partial charge in [-0.3, -0.25) is 5.01 Å². The molecule has 3 rings (SSSR count). The summed E-state index contributed by atoms with van der Waals surface area (Å²) in [6.07, 6.45) is 1.62. The molecular weight excluding hydrogens is 248 g/mol. The van der Waals surface area contributed by atoms with E-state index in [4.69, 9.17) is 0 Å². The van der Waals surface area contributed by atoms with E-state index in [1.165, 1.54) is 5.56 Å². The predicted octanol–water partition coefficient (Wildman–Crippen LogP) is 3.18. The van der Waals surface area contributed by atoms with Gasteiger partial charge in [-0.25, -0.2) is 0 Å². The number of carbonyl (C=O) groups is 1. The number of rotatable bonds is 3. The molecule has 0 aliphatic carbocycles. The molecule has 1 aliphatic heterocycles. The average molecular weight is 264 g/mol. The summed E-state index contributed by atoms with van der Waals surface area (Å²) in [4.78, 5) is 11.3. The van der Waals surface area contributed by atoms with E-state index in [0.29, 0.717) is 6.42 Å². The van der Waals surface area contributed by atoms with Gasteiger partial charge < -0.3 is 4.79 Å². The summed E-state index contributed by atoms with van der Waals surface area (Å²) < 4.78 is 0. The summed E-state index contributed by atoms with van der Waals surface area (Å²) in [6, 6.07) is 17.9. The minimum atomic E-state index is -0.214. The third kappa shape index (κ3) is 2.35. The number of hydrogen-bond acceptors (Lipinski definition) is 3. The van der Waals surface area contributed by atoms with Crippen molar-refractivity contribution in [1.82, 2.24) is 0 Å². The van der Waals surface area contributed by atoms with Gasteiger partial charge in [0.15, 0.2) is 0 Å². The van der Waals surface area contributed by atoms with Gasteiger partial charge in [-0.2, -0.15) is 5.10 Å². The molecule has 0 saturated heterocycles. The molecular formula is C17H16N2O. The van der Waals surface area contributed by atoms with Gasteiger partial charge in [0, 0.05) is 6.42 Å². The number of benzene rings is 2. The third-order valence-electron chi connectivity index (χ3n) is 3.51. The molecule has 0 spiro atoms. The van der Waals surface area contributed by atoms with Gasteiger partial charge in [0.25, 0.3) is 0 Å². The Morgan fingerprint density at radius 2 is 1.80 bits per heavy atom. The van der Waals surface area contributed by atoms with Gasteiger partial charge in [-0.1, -0.05) is 48.0 Å². The summed E-state index contributed by atoms with van der Waals surface area (Å²) in [5.41, 5.74) is 4.22. The predicted molar refractivity (Wildman–Crippen MR) is 81.1 cm³/mol. The lowest BCUT2D eigenvalue weighted by Crippen LogP contribution is -2.27. The molecule has 1 aliphatic rings. The molecule has 0 saturated carbocycles. The van der Waals surface area contributed by atoms with Crippen LogP contribution in [0, 0.1) is 6.92 Å². The second-order valence-corrected chi connectivity index (χ2v) is 5.00. The first kappa shape index (κ1) is 12.6. The van der Waals surface area contributed by atoms with Crippen molar-refractivity contribution in [2.24, 2.45) is 5.10 Å². The fourth-order valence-corrected chi connectivity index (χ4v) is 2.39. The van der Waals surface area contributed by atoms with Crippen LogP contribution in [0.15, 0.2) is 59.7 Å². The molecule has 100 valence electrons. The fraction of sp³-hybridized carbons (Fsp3) is 0.176. The number of aryl methyl sites for hydroxylation is 1. The maximum Gasteiger partial charge on any atom is 0.144 e. The largest absolute Gasteiger partial charge is 0.301 e. The van der Waals surface area contributed by atoms with Crippen LogP contribution in [0.2, 0.25) is 0 Å². The Balaban J connectivity index is 1.94. The normalized spacial score (nSPS) is 17.9. The first-order chi connectivity index (χ1) is 9.78. The number of hydrogen-bond donors (Lipinski definition) is 0. The number of carbonyl (C=O) groups excluding carboxylic acids is 1. The minimum Gasteiger partial charge on any atom is -0.301 e. The standard InChI is InChI=1S/C17H16N2O/c1-13-7-9-14(10-8-13)17-11-16(12-20)19(18-17)15-5-3-2-4-6-15/h2-10,12,16H,11H2,1H3. The second-order valence-electron chi connectivity index (χ2n) is 5.00. The zero-order valence-electron chi connectivity index (χ0n) is 11.4. The van der Waals surface area contributed by atoms with Gasteiger partial charge in [0.05, 0.1) is 11.4 Å². The van der Waals surface area contributed by atoms with Crippen molar-refractivity contribution in [1.29, 1.82) is 0 Å². The lowest BCUT2D eigenvalue weighted by atomic mass is 10.0. The third-order valence-corrected chi connectivity index (χ3v) is 3.51. The smallest absolute Gasteiger partial charge is 0.144 e. The summed E-state index contributed by atoms with van der Waals surface area (Å²) in [5.74, 6) is 0. The van der Waals surface area contributed by atoms with E-state index in [1.54, 1.807) is 0 Å². The minimum absolute atomic E-state index is 0.214. The van der Waals surface area contributed by atoms with Crippen LogP contribution in [0.5, 0.6) is 0 Å². The quantitative estimate of drug-likeness (QED) is 0.798. The highest BCUT2D eigenvalue weighted by Crippen LogP contribution is 2.25. The topological polar surface area (TPSA) is 32.7 Å². The van der Waals surface area contributed by atoms with Crippen LogP contribution in [-0.4, -0.2) is 18.0 Å². The Bertz CT molecular complexity index is 632. The van der Waals surface area contributed by atoms with E-state index in [2.05, 4.69) is 36.3 Å². The molecule has 2 aromatic rings. The van der Waals surface area contributed by atoms with Crippen molar-refractivity contribution in [2.75, 3.05) is 5.01 Å². The van der Waals surface area contributed by atoms with E-state index in [1.807, 2.05) is 35.3 Å². The van der Waals surface area contributed by atoms with E-state index in [9.17, 15) is 4.79 Å². The lowest BCUT2D eigenvalue weighted by Gasteiger charge is -2.18. The molecule has 20 heavy (non-hydrogen) atoms. The van der Waals surface area contributed by atoms with Crippen molar-refractivity contribution < 1.29 is 4.79 Å². The van der Waals surface area contributed by atoms with Crippen molar-refractivity contribution in [3.8, 4) is 0 Å². The van der Waals surface area contributed by atoms with Gasteiger partial charge >= 0.3 is 0 Å². The van der Waals surface area contributed by atoms with E-state index >= 15 is 0 Å². The molecule has 3 heteroatoms. The maximum absolute atomic E-state index is 11.3. The van der Waals surface area contributed by atoms with Gasteiger partial charge in [0.1, 0.15) is 12.3 Å². The van der Waals surface area contributed by atoms with E-state index < -0.39 is 0 Å². The summed E-state index contributed by atoms with van der Waals surface area (Å²) in [7, 11) is 0. The van der Waals surface area contributed by atoms with E-state index in [-0.39, 0.29) is 6.04 Å². The lowest BCUT2D eigenvalue weighted by molar-refractivity contribution is -0.108. The van der Waals surface area contributed by atoms with Crippen LogP contribution >= 0.6 is 0 Å². The Hall–Kier alpha value is -2.42. The molecule has 0 radical (unpaired) electrons. The van der Waals surface area contributed by atoms with Crippen LogP contribution in [0.4, 0.5) is 5.69 Å². The van der Waals surface area contributed by atoms with Crippen LogP contribution in [0.3, 0.4) is 0 Å². The fourth-order valence-electron chi connectivity index (χ4n) is 2.39. The number of nitrogens with zero attached hydrogens (tertiary/aromatic N) is 2. The zero-order valence-corrected chi connectivity index (χ0v) is 11.4. The van der Waals surface area contributed by atoms with Gasteiger partial charge in [-0.05, 0) is 24.6 Å². The molecule has 0 N–H and O–H groups in total. The molecule has 0 amide bonds. The SMILES string of the molecule is Cc1ccc(C2=NN(c3ccccc3)C(C=O)C2)cc1. The van der Waals surface area contributed by atoms with Crippen molar-refractivity contribution in [3.63, 3.8) is 0 Å². The molecule has 1 heterocycles. The monoisotopic (exact) mass is 264 g/mol. The van der Waals surface area contributed by atoms with E-state index in [0.717, 1.165) is 23.2 Å². The van der Waals surface area contributed by atoms with Crippen LogP contribution in [0.25, 0.3) is 0 Å². The number of aldehydes is 1. The average Bonchev–Trinajstić information content (AvgIpc) is 2.93. The summed E-state index contributed by atoms with van der Waals surface area (Å²) in [6.45, 7) is 2.06. The van der Waals surface area contributed by atoms with Gasteiger partial charge in [0.2, 0.25) is 0 Å². The first-order valence-corrected chi connectivity index (χ1v) is 6.72. The van der Waals surface area contributed by atoms with Crippen LogP contribution < -0.4 is 5.01 Å².